The number of hydrogen-bond donors (Lipinski definition) is 1. The van der Waals surface area contributed by atoms with E-state index in [-0.39, 0.29) is 6.10 Å². The van der Waals surface area contributed by atoms with Crippen LogP contribution in [0.25, 0.3) is 27.9 Å². The van der Waals surface area contributed by atoms with Crippen LogP contribution in [0.4, 0.5) is 5.82 Å². The lowest BCUT2D eigenvalue weighted by atomic mass is 10.1. The Balaban J connectivity index is 1.53. The molecule has 5 rings (SSSR count). The normalized spacial score (nSPS) is 15.4. The van der Waals surface area contributed by atoms with Crippen LogP contribution < -0.4 is 5.32 Å². The van der Waals surface area contributed by atoms with Gasteiger partial charge in [-0.3, -0.25) is 4.90 Å². The molecule has 0 bridgehead atoms. The van der Waals surface area contributed by atoms with Gasteiger partial charge in [0.1, 0.15) is 17.0 Å². The second-order valence-electron chi connectivity index (χ2n) is 9.14. The maximum absolute atomic E-state index is 12.9. The first-order chi connectivity index (χ1) is 17.6. The molecule has 1 atom stereocenters. The predicted molar refractivity (Wildman–Crippen MR) is 138 cm³/mol. The Morgan fingerprint density at radius 2 is 2.08 bits per heavy atom. The Labute approximate surface area is 210 Å². The van der Waals surface area contributed by atoms with Gasteiger partial charge in [0.25, 0.3) is 0 Å². The molecule has 0 spiro atoms. The predicted octanol–water partition coefficient (Wildman–Crippen LogP) is 3.47. The standard InChI is InChI=1S/C26H33N7O3/c1-4-6-18(2)36-26(34)20-16-29-33-23(27-3)15-22(30-25(20)33)21-17-32(24-19(21)7-5-8-28-24)10-9-31-11-13-35-14-12-31/h5,7-8,15-18,27H,4,6,9-14H2,1-3H3/t18-/m0/s1. The van der Waals surface area contributed by atoms with E-state index in [9.17, 15) is 4.79 Å². The molecule has 1 N–H and O–H groups in total. The number of rotatable bonds is 9. The lowest BCUT2D eigenvalue weighted by Crippen LogP contribution is -2.38. The van der Waals surface area contributed by atoms with E-state index in [1.54, 1.807) is 4.52 Å². The monoisotopic (exact) mass is 491 g/mol. The zero-order valence-corrected chi connectivity index (χ0v) is 21.1. The molecule has 0 radical (unpaired) electrons. The summed E-state index contributed by atoms with van der Waals surface area (Å²) in [7, 11) is 1.83. The third-order valence-electron chi connectivity index (χ3n) is 6.62. The van der Waals surface area contributed by atoms with Crippen LogP contribution in [0.3, 0.4) is 0 Å². The van der Waals surface area contributed by atoms with E-state index in [0.717, 1.165) is 80.3 Å². The summed E-state index contributed by atoms with van der Waals surface area (Å²) in [6.07, 6.45) is 7.03. The van der Waals surface area contributed by atoms with Crippen LogP contribution in [0.15, 0.2) is 36.8 Å². The van der Waals surface area contributed by atoms with E-state index in [1.165, 1.54) is 6.20 Å². The SMILES string of the molecule is CCC[C@H](C)OC(=O)c1cnn2c(NC)cc(-c3cn(CCN4CCOCC4)c4ncccc34)nc12. The van der Waals surface area contributed by atoms with Crippen molar-refractivity contribution in [3.05, 3.63) is 42.4 Å². The highest BCUT2D eigenvalue weighted by molar-refractivity contribution is 5.98. The minimum Gasteiger partial charge on any atom is -0.459 e. The Bertz CT molecular complexity index is 1360. The molecule has 0 aromatic carbocycles. The summed E-state index contributed by atoms with van der Waals surface area (Å²) in [6, 6.07) is 5.95. The van der Waals surface area contributed by atoms with Crippen LogP contribution in [-0.4, -0.2) is 81.0 Å². The van der Waals surface area contributed by atoms with E-state index >= 15 is 0 Å². The molecule has 5 heterocycles. The fourth-order valence-corrected chi connectivity index (χ4v) is 4.71. The number of carbonyl (C=O) groups excluding carboxylic acids is 1. The number of anilines is 1. The van der Waals surface area contributed by atoms with Gasteiger partial charge in [-0.2, -0.15) is 9.61 Å². The van der Waals surface area contributed by atoms with Gasteiger partial charge < -0.3 is 19.4 Å². The first-order valence-electron chi connectivity index (χ1n) is 12.6. The molecule has 1 aliphatic heterocycles. The van der Waals surface area contributed by atoms with Crippen molar-refractivity contribution in [2.75, 3.05) is 45.2 Å². The molecule has 10 nitrogen and oxygen atoms in total. The van der Waals surface area contributed by atoms with E-state index in [4.69, 9.17) is 14.5 Å². The van der Waals surface area contributed by atoms with Crippen LogP contribution in [0.1, 0.15) is 37.0 Å². The number of ether oxygens (including phenoxy) is 2. The number of nitrogens with zero attached hydrogens (tertiary/aromatic N) is 6. The van der Waals surface area contributed by atoms with Gasteiger partial charge in [0.05, 0.1) is 31.2 Å². The summed E-state index contributed by atoms with van der Waals surface area (Å²) in [5.41, 5.74) is 3.43. The smallest absolute Gasteiger partial charge is 0.343 e. The summed E-state index contributed by atoms with van der Waals surface area (Å²) < 4.78 is 14.9. The van der Waals surface area contributed by atoms with Crippen LogP contribution in [0, 0.1) is 0 Å². The first-order valence-corrected chi connectivity index (χ1v) is 12.6. The van der Waals surface area contributed by atoms with Gasteiger partial charge in [-0.05, 0) is 25.5 Å². The molecule has 0 aliphatic carbocycles. The molecule has 4 aromatic heterocycles. The first kappa shape index (κ1) is 24.2. The molecule has 10 heteroatoms. The van der Waals surface area contributed by atoms with Gasteiger partial charge in [-0.25, -0.2) is 14.8 Å². The summed E-state index contributed by atoms with van der Waals surface area (Å²) in [4.78, 5) is 24.9. The maximum atomic E-state index is 12.9. The third-order valence-corrected chi connectivity index (χ3v) is 6.62. The van der Waals surface area contributed by atoms with Crippen molar-refractivity contribution in [2.24, 2.45) is 0 Å². The molecular formula is C26H33N7O3. The second kappa shape index (κ2) is 10.6. The van der Waals surface area contributed by atoms with Gasteiger partial charge in [0.2, 0.25) is 0 Å². The van der Waals surface area contributed by atoms with Gasteiger partial charge >= 0.3 is 5.97 Å². The van der Waals surface area contributed by atoms with Gasteiger partial charge in [0.15, 0.2) is 5.65 Å². The maximum Gasteiger partial charge on any atom is 0.343 e. The van der Waals surface area contributed by atoms with Crippen molar-refractivity contribution in [3.8, 4) is 11.3 Å². The minimum absolute atomic E-state index is 0.167. The number of pyridine rings is 1. The Morgan fingerprint density at radius 1 is 1.25 bits per heavy atom. The lowest BCUT2D eigenvalue weighted by molar-refractivity contribution is 0.0325. The van der Waals surface area contributed by atoms with Crippen molar-refractivity contribution in [1.82, 2.24) is 29.0 Å². The fourth-order valence-electron chi connectivity index (χ4n) is 4.71. The average Bonchev–Trinajstić information content (AvgIpc) is 3.49. The van der Waals surface area contributed by atoms with E-state index in [2.05, 4.69) is 44.1 Å². The number of aromatic nitrogens is 5. The average molecular weight is 492 g/mol. The summed E-state index contributed by atoms with van der Waals surface area (Å²) in [5, 5.41) is 8.60. The van der Waals surface area contributed by atoms with Crippen molar-refractivity contribution < 1.29 is 14.3 Å². The van der Waals surface area contributed by atoms with Crippen LogP contribution >= 0.6 is 0 Å². The van der Waals surface area contributed by atoms with Crippen molar-refractivity contribution in [3.63, 3.8) is 0 Å². The zero-order valence-electron chi connectivity index (χ0n) is 21.1. The quantitative estimate of drug-likeness (QED) is 0.356. The topological polar surface area (TPSA) is 98.8 Å². The Hall–Kier alpha value is -3.50. The Morgan fingerprint density at radius 3 is 2.86 bits per heavy atom. The lowest BCUT2D eigenvalue weighted by Gasteiger charge is -2.26. The number of esters is 1. The highest BCUT2D eigenvalue weighted by atomic mass is 16.5. The molecule has 0 saturated carbocycles. The van der Waals surface area contributed by atoms with E-state index in [1.807, 2.05) is 32.3 Å². The molecule has 0 unspecified atom stereocenters. The number of hydrogen-bond acceptors (Lipinski definition) is 8. The zero-order chi connectivity index (χ0) is 25.1. The third kappa shape index (κ3) is 4.78. The van der Waals surface area contributed by atoms with Crippen LogP contribution in [0.5, 0.6) is 0 Å². The highest BCUT2D eigenvalue weighted by Gasteiger charge is 2.22. The summed E-state index contributed by atoms with van der Waals surface area (Å²) in [6.45, 7) is 9.16. The van der Waals surface area contributed by atoms with Gasteiger partial charge in [-0.15, -0.1) is 0 Å². The summed E-state index contributed by atoms with van der Waals surface area (Å²) >= 11 is 0. The molecule has 4 aromatic rings. The highest BCUT2D eigenvalue weighted by Crippen LogP contribution is 2.31. The Kier molecular flexibility index (Phi) is 7.15. The van der Waals surface area contributed by atoms with E-state index < -0.39 is 5.97 Å². The molecule has 1 fully saturated rings. The molecule has 190 valence electrons. The van der Waals surface area contributed by atoms with Crippen molar-refractivity contribution in [1.29, 1.82) is 0 Å². The fraction of sp³-hybridized carbons (Fsp3) is 0.462. The summed E-state index contributed by atoms with van der Waals surface area (Å²) in [5.74, 6) is 0.320. The van der Waals surface area contributed by atoms with Crippen LogP contribution in [-0.2, 0) is 16.0 Å². The van der Waals surface area contributed by atoms with Gasteiger partial charge in [-0.1, -0.05) is 13.3 Å². The second-order valence-corrected chi connectivity index (χ2v) is 9.14. The molecular weight excluding hydrogens is 458 g/mol. The van der Waals surface area contributed by atoms with Crippen molar-refractivity contribution in [2.45, 2.75) is 39.3 Å². The largest absolute Gasteiger partial charge is 0.459 e. The number of fused-ring (bicyclic) bond motifs is 2. The number of nitrogens with one attached hydrogen (secondary N) is 1. The van der Waals surface area contributed by atoms with Crippen LogP contribution in [0.2, 0.25) is 0 Å². The van der Waals surface area contributed by atoms with Gasteiger partial charge in [0, 0.05) is 62.6 Å². The van der Waals surface area contributed by atoms with Crippen molar-refractivity contribution >= 4 is 28.5 Å². The molecule has 1 saturated heterocycles. The van der Waals surface area contributed by atoms with E-state index in [0.29, 0.717) is 11.2 Å². The molecule has 1 aliphatic rings. The molecule has 36 heavy (non-hydrogen) atoms. The number of morpholine rings is 1. The number of carbonyl (C=O) groups is 1. The minimum atomic E-state index is -0.410. The molecule has 0 amide bonds.